The summed E-state index contributed by atoms with van der Waals surface area (Å²) in [5.41, 5.74) is 4.71. The molecule has 5 heteroatoms. The topological polar surface area (TPSA) is 66.5 Å². The number of fused-ring (bicyclic) bond motifs is 3. The SMILES string of the molecule is Cc1[nH]cnc1Cn1c(C)cc2[nH]c3ccccc3c2c1=O. The van der Waals surface area contributed by atoms with Gasteiger partial charge in [-0.1, -0.05) is 18.2 Å². The van der Waals surface area contributed by atoms with Crippen LogP contribution in [0.15, 0.2) is 41.5 Å². The molecule has 0 spiro atoms. The molecular weight excluding hydrogens is 276 g/mol. The molecule has 0 atom stereocenters. The van der Waals surface area contributed by atoms with Crippen LogP contribution in [-0.2, 0) is 6.54 Å². The van der Waals surface area contributed by atoms with Crippen molar-refractivity contribution < 1.29 is 0 Å². The lowest BCUT2D eigenvalue weighted by atomic mass is 10.2. The molecule has 0 radical (unpaired) electrons. The molecule has 0 bridgehead atoms. The van der Waals surface area contributed by atoms with Crippen LogP contribution in [0, 0.1) is 13.8 Å². The Labute approximate surface area is 126 Å². The summed E-state index contributed by atoms with van der Waals surface area (Å²) in [5.74, 6) is 0. The molecule has 0 aliphatic rings. The second-order valence-corrected chi connectivity index (χ2v) is 5.61. The number of hydrogen-bond acceptors (Lipinski definition) is 2. The summed E-state index contributed by atoms with van der Waals surface area (Å²) in [6.07, 6.45) is 1.66. The molecule has 110 valence electrons. The lowest BCUT2D eigenvalue weighted by Crippen LogP contribution is -2.23. The molecule has 4 aromatic rings. The third-order valence-electron chi connectivity index (χ3n) is 4.22. The van der Waals surface area contributed by atoms with Crippen LogP contribution in [0.5, 0.6) is 0 Å². The number of imidazole rings is 1. The van der Waals surface area contributed by atoms with Crippen LogP contribution in [0.2, 0.25) is 0 Å². The monoisotopic (exact) mass is 292 g/mol. The zero-order chi connectivity index (χ0) is 15.3. The zero-order valence-electron chi connectivity index (χ0n) is 12.5. The highest BCUT2D eigenvalue weighted by Gasteiger charge is 2.13. The number of H-pyrrole nitrogens is 2. The quantitative estimate of drug-likeness (QED) is 0.596. The Morgan fingerprint density at radius 1 is 1.18 bits per heavy atom. The van der Waals surface area contributed by atoms with E-state index >= 15 is 0 Å². The first kappa shape index (κ1) is 12.9. The highest BCUT2D eigenvalue weighted by atomic mass is 16.1. The number of hydrogen-bond donors (Lipinski definition) is 2. The minimum absolute atomic E-state index is 0.0230. The van der Waals surface area contributed by atoms with E-state index in [9.17, 15) is 4.79 Å². The van der Waals surface area contributed by atoms with E-state index < -0.39 is 0 Å². The van der Waals surface area contributed by atoms with Gasteiger partial charge in [-0.3, -0.25) is 4.79 Å². The van der Waals surface area contributed by atoms with E-state index in [0.29, 0.717) is 6.54 Å². The first-order valence-corrected chi connectivity index (χ1v) is 7.25. The Morgan fingerprint density at radius 3 is 2.77 bits per heavy atom. The number of aryl methyl sites for hydroxylation is 2. The van der Waals surface area contributed by atoms with Crippen molar-refractivity contribution >= 4 is 21.8 Å². The number of rotatable bonds is 2. The number of pyridine rings is 1. The van der Waals surface area contributed by atoms with E-state index in [4.69, 9.17) is 0 Å². The van der Waals surface area contributed by atoms with E-state index in [1.54, 1.807) is 10.9 Å². The summed E-state index contributed by atoms with van der Waals surface area (Å²) in [4.78, 5) is 23.6. The largest absolute Gasteiger partial charge is 0.354 e. The number of aromatic amines is 2. The van der Waals surface area contributed by atoms with Crippen LogP contribution in [0.3, 0.4) is 0 Å². The fraction of sp³-hybridized carbons (Fsp3) is 0.176. The van der Waals surface area contributed by atoms with Crippen LogP contribution in [0.1, 0.15) is 17.1 Å². The van der Waals surface area contributed by atoms with Crippen molar-refractivity contribution in [2.24, 2.45) is 0 Å². The van der Waals surface area contributed by atoms with Crippen molar-refractivity contribution in [3.8, 4) is 0 Å². The van der Waals surface area contributed by atoms with E-state index in [0.717, 1.165) is 38.9 Å². The summed E-state index contributed by atoms with van der Waals surface area (Å²) in [5, 5.41) is 1.71. The normalized spacial score (nSPS) is 11.5. The first-order valence-electron chi connectivity index (χ1n) is 7.25. The van der Waals surface area contributed by atoms with E-state index in [1.807, 2.05) is 44.2 Å². The zero-order valence-corrected chi connectivity index (χ0v) is 12.5. The number of nitrogens with one attached hydrogen (secondary N) is 2. The van der Waals surface area contributed by atoms with Crippen molar-refractivity contribution in [3.63, 3.8) is 0 Å². The maximum atomic E-state index is 13.0. The van der Waals surface area contributed by atoms with Gasteiger partial charge in [-0.2, -0.15) is 0 Å². The summed E-state index contributed by atoms with van der Waals surface area (Å²) < 4.78 is 1.78. The van der Waals surface area contributed by atoms with Crippen molar-refractivity contribution in [2.45, 2.75) is 20.4 Å². The Morgan fingerprint density at radius 2 is 2.00 bits per heavy atom. The van der Waals surface area contributed by atoms with E-state index in [2.05, 4.69) is 15.0 Å². The number of aromatic nitrogens is 4. The van der Waals surface area contributed by atoms with Crippen molar-refractivity contribution in [3.05, 3.63) is 64.1 Å². The maximum absolute atomic E-state index is 13.0. The average molecular weight is 292 g/mol. The molecule has 3 heterocycles. The van der Waals surface area contributed by atoms with Gasteiger partial charge in [0.2, 0.25) is 0 Å². The van der Waals surface area contributed by atoms with E-state index in [-0.39, 0.29) is 5.56 Å². The molecule has 0 saturated heterocycles. The predicted octanol–water partition coefficient (Wildman–Crippen LogP) is 2.87. The highest BCUT2D eigenvalue weighted by Crippen LogP contribution is 2.23. The average Bonchev–Trinajstić information content (AvgIpc) is 3.06. The van der Waals surface area contributed by atoms with Crippen LogP contribution >= 0.6 is 0 Å². The standard InChI is InChI=1S/C17H16N4O/c1-10-7-14-16(12-5-3-4-6-13(12)20-14)17(22)21(10)8-15-11(2)18-9-19-15/h3-7,9,20H,8H2,1-2H3,(H,18,19). The fourth-order valence-electron chi connectivity index (χ4n) is 2.98. The smallest absolute Gasteiger partial charge is 0.261 e. The van der Waals surface area contributed by atoms with Gasteiger partial charge < -0.3 is 14.5 Å². The number of para-hydroxylation sites is 1. The summed E-state index contributed by atoms with van der Waals surface area (Å²) in [6, 6.07) is 9.92. The van der Waals surface area contributed by atoms with Crippen LogP contribution in [0.4, 0.5) is 0 Å². The second-order valence-electron chi connectivity index (χ2n) is 5.61. The van der Waals surface area contributed by atoms with Crippen molar-refractivity contribution in [2.75, 3.05) is 0 Å². The molecule has 0 fully saturated rings. The summed E-state index contributed by atoms with van der Waals surface area (Å²) in [6.45, 7) is 4.40. The minimum atomic E-state index is 0.0230. The van der Waals surface area contributed by atoms with Gasteiger partial charge in [0.25, 0.3) is 5.56 Å². The van der Waals surface area contributed by atoms with Crippen LogP contribution < -0.4 is 5.56 Å². The van der Waals surface area contributed by atoms with Gasteiger partial charge in [0.1, 0.15) is 0 Å². The lowest BCUT2D eigenvalue weighted by molar-refractivity contribution is 0.720. The molecular formula is C17H16N4O. The molecule has 0 saturated carbocycles. The molecule has 0 aliphatic carbocycles. The molecule has 0 amide bonds. The Bertz CT molecular complexity index is 1050. The third kappa shape index (κ3) is 1.79. The molecule has 0 aliphatic heterocycles. The molecule has 4 rings (SSSR count). The van der Waals surface area contributed by atoms with Gasteiger partial charge >= 0.3 is 0 Å². The fourth-order valence-corrected chi connectivity index (χ4v) is 2.98. The van der Waals surface area contributed by atoms with E-state index in [1.165, 1.54) is 0 Å². The Hall–Kier alpha value is -2.82. The first-order chi connectivity index (χ1) is 10.6. The molecule has 2 N–H and O–H groups in total. The van der Waals surface area contributed by atoms with Gasteiger partial charge in [0.15, 0.2) is 0 Å². The van der Waals surface area contributed by atoms with Gasteiger partial charge in [0, 0.05) is 22.3 Å². The van der Waals surface area contributed by atoms with Crippen molar-refractivity contribution in [1.82, 2.24) is 19.5 Å². The number of benzene rings is 1. The second kappa shape index (κ2) is 4.59. The summed E-state index contributed by atoms with van der Waals surface area (Å²) >= 11 is 0. The van der Waals surface area contributed by atoms with Gasteiger partial charge in [-0.25, -0.2) is 4.98 Å². The van der Waals surface area contributed by atoms with Gasteiger partial charge in [-0.05, 0) is 26.0 Å². The Kier molecular flexibility index (Phi) is 2.69. The molecule has 22 heavy (non-hydrogen) atoms. The Balaban J connectivity index is 2.01. The molecule has 1 aromatic carbocycles. The minimum Gasteiger partial charge on any atom is -0.354 e. The lowest BCUT2D eigenvalue weighted by Gasteiger charge is -2.09. The molecule has 5 nitrogen and oxygen atoms in total. The third-order valence-corrected chi connectivity index (χ3v) is 4.22. The van der Waals surface area contributed by atoms with Crippen LogP contribution in [0.25, 0.3) is 21.8 Å². The molecule has 3 aromatic heterocycles. The van der Waals surface area contributed by atoms with Gasteiger partial charge in [0.05, 0.1) is 29.5 Å². The van der Waals surface area contributed by atoms with Gasteiger partial charge in [-0.15, -0.1) is 0 Å². The molecule has 0 unspecified atom stereocenters. The predicted molar refractivity (Wildman–Crippen MR) is 87.2 cm³/mol. The van der Waals surface area contributed by atoms with Crippen LogP contribution in [-0.4, -0.2) is 19.5 Å². The maximum Gasteiger partial charge on any atom is 0.261 e. The van der Waals surface area contributed by atoms with Crippen molar-refractivity contribution in [1.29, 1.82) is 0 Å². The number of nitrogens with zero attached hydrogens (tertiary/aromatic N) is 2. The highest BCUT2D eigenvalue weighted by molar-refractivity contribution is 6.06. The summed E-state index contributed by atoms with van der Waals surface area (Å²) in [7, 11) is 0.